The molecule has 0 aliphatic carbocycles. The van der Waals surface area contributed by atoms with Crippen molar-refractivity contribution in [1.82, 2.24) is 4.98 Å². The monoisotopic (exact) mass is 408 g/mol. The fourth-order valence-electron chi connectivity index (χ4n) is 3.33. The van der Waals surface area contributed by atoms with Crippen molar-refractivity contribution in [3.05, 3.63) is 59.8 Å². The molecule has 0 saturated heterocycles. The van der Waals surface area contributed by atoms with E-state index in [-0.39, 0.29) is 5.78 Å². The Morgan fingerprint density at radius 2 is 1.97 bits per heavy atom. The number of ketones is 1. The van der Waals surface area contributed by atoms with Gasteiger partial charge in [0.2, 0.25) is 0 Å². The van der Waals surface area contributed by atoms with Crippen LogP contribution in [-0.2, 0) is 0 Å². The minimum Gasteiger partial charge on any atom is -0.490 e. The zero-order valence-electron chi connectivity index (χ0n) is 17.5. The number of hydrogen-bond donors (Lipinski definition) is 1. The summed E-state index contributed by atoms with van der Waals surface area (Å²) in [5.41, 5.74) is 4.39. The van der Waals surface area contributed by atoms with Crippen LogP contribution >= 0.6 is 11.8 Å². The number of hydrogen-bond acceptors (Lipinski definition) is 5. The van der Waals surface area contributed by atoms with Gasteiger partial charge in [0.15, 0.2) is 5.78 Å². The Bertz CT molecular complexity index is 1000. The first kappa shape index (κ1) is 21.2. The number of anilines is 2. The fourth-order valence-corrected chi connectivity index (χ4v) is 3.58. The summed E-state index contributed by atoms with van der Waals surface area (Å²) in [5, 5.41) is 4.45. The summed E-state index contributed by atoms with van der Waals surface area (Å²) in [5.74, 6) is 2.09. The van der Waals surface area contributed by atoms with Gasteiger partial charge in [-0.3, -0.25) is 9.78 Å². The summed E-state index contributed by atoms with van der Waals surface area (Å²) in [6.07, 6.45) is 4.16. The van der Waals surface area contributed by atoms with E-state index in [1.807, 2.05) is 37.3 Å². The third-order valence-corrected chi connectivity index (χ3v) is 5.44. The van der Waals surface area contributed by atoms with Crippen molar-refractivity contribution in [3.8, 4) is 5.75 Å². The van der Waals surface area contributed by atoms with Crippen LogP contribution in [0, 0.1) is 0 Å². The van der Waals surface area contributed by atoms with Crippen LogP contribution in [0.25, 0.3) is 10.9 Å². The van der Waals surface area contributed by atoms with Gasteiger partial charge in [-0.1, -0.05) is 51.1 Å². The number of Topliss-reactive ketones (excluding diaryl/α,β-unsaturated/α-hetero) is 1. The Labute approximate surface area is 177 Å². The molecular weight excluding hydrogens is 380 g/mol. The Kier molecular flexibility index (Phi) is 7.15. The zero-order valence-corrected chi connectivity index (χ0v) is 18.3. The van der Waals surface area contributed by atoms with Gasteiger partial charge in [0.05, 0.1) is 17.9 Å². The zero-order chi connectivity index (χ0) is 20.8. The summed E-state index contributed by atoms with van der Waals surface area (Å²) < 4.78 is 5.96. The van der Waals surface area contributed by atoms with E-state index in [9.17, 15) is 4.79 Å². The van der Waals surface area contributed by atoms with Crippen molar-refractivity contribution >= 4 is 39.8 Å². The number of benzene rings is 2. The molecule has 0 radical (unpaired) electrons. The standard InChI is InChI=1S/C24H28N2O2S/c1-5-21(27)19-15-25-24-18(10-8-12-22(24)28-13-14-29-4)23(19)26-20-11-7-6-9-17(20)16(2)3/h6-12,15-16H,5,13-14H2,1-4H3,(H,25,26). The van der Waals surface area contributed by atoms with E-state index in [1.54, 1.807) is 18.0 Å². The van der Waals surface area contributed by atoms with Crippen LogP contribution in [0.2, 0.25) is 0 Å². The topological polar surface area (TPSA) is 51.2 Å². The van der Waals surface area contributed by atoms with E-state index in [0.717, 1.165) is 33.8 Å². The van der Waals surface area contributed by atoms with Gasteiger partial charge in [-0.25, -0.2) is 0 Å². The predicted molar refractivity (Wildman–Crippen MR) is 124 cm³/mol. The quantitative estimate of drug-likeness (QED) is 0.326. The molecule has 0 aliphatic rings. The molecule has 5 heteroatoms. The molecular formula is C24H28N2O2S. The average Bonchev–Trinajstić information content (AvgIpc) is 2.74. The highest BCUT2D eigenvalue weighted by Crippen LogP contribution is 2.36. The summed E-state index contributed by atoms with van der Waals surface area (Å²) in [7, 11) is 0. The smallest absolute Gasteiger partial charge is 0.166 e. The number of aromatic nitrogens is 1. The molecule has 1 heterocycles. The van der Waals surface area contributed by atoms with E-state index >= 15 is 0 Å². The second-order valence-electron chi connectivity index (χ2n) is 7.18. The number of carbonyl (C=O) groups is 1. The summed E-state index contributed by atoms with van der Waals surface area (Å²) in [6.45, 7) is 6.83. The lowest BCUT2D eigenvalue weighted by molar-refractivity contribution is 0.0988. The number of nitrogens with zero attached hydrogens (tertiary/aromatic N) is 1. The van der Waals surface area contributed by atoms with Crippen LogP contribution in [0.1, 0.15) is 49.0 Å². The van der Waals surface area contributed by atoms with Gasteiger partial charge in [0, 0.05) is 29.4 Å². The molecule has 1 aromatic heterocycles. The minimum absolute atomic E-state index is 0.0673. The molecule has 3 rings (SSSR count). The number of rotatable bonds is 9. The molecule has 0 fully saturated rings. The normalized spacial score (nSPS) is 11.1. The van der Waals surface area contributed by atoms with Crippen molar-refractivity contribution in [2.24, 2.45) is 0 Å². The summed E-state index contributed by atoms with van der Waals surface area (Å²) in [6, 6.07) is 14.1. The van der Waals surface area contributed by atoms with Crippen LogP contribution in [0.4, 0.5) is 11.4 Å². The summed E-state index contributed by atoms with van der Waals surface area (Å²) >= 11 is 1.74. The molecule has 0 amide bonds. The number of para-hydroxylation sites is 2. The minimum atomic E-state index is 0.0673. The lowest BCUT2D eigenvalue weighted by Gasteiger charge is -2.19. The molecule has 0 unspecified atom stereocenters. The molecule has 29 heavy (non-hydrogen) atoms. The first-order chi connectivity index (χ1) is 14.1. The highest BCUT2D eigenvalue weighted by molar-refractivity contribution is 7.98. The van der Waals surface area contributed by atoms with Crippen LogP contribution in [-0.4, -0.2) is 29.4 Å². The van der Waals surface area contributed by atoms with Crippen molar-refractivity contribution in [2.45, 2.75) is 33.1 Å². The van der Waals surface area contributed by atoms with E-state index in [0.29, 0.717) is 24.5 Å². The van der Waals surface area contributed by atoms with Crippen LogP contribution in [0.5, 0.6) is 5.75 Å². The first-order valence-corrected chi connectivity index (χ1v) is 11.4. The van der Waals surface area contributed by atoms with Gasteiger partial charge in [0.25, 0.3) is 0 Å². The maximum atomic E-state index is 12.7. The number of ether oxygens (including phenoxy) is 1. The van der Waals surface area contributed by atoms with Gasteiger partial charge in [-0.15, -0.1) is 0 Å². The molecule has 0 bridgehead atoms. The predicted octanol–water partition coefficient (Wildman–Crippen LogP) is 6.44. The Morgan fingerprint density at radius 1 is 1.17 bits per heavy atom. The molecule has 0 atom stereocenters. The SMILES string of the molecule is CCC(=O)c1cnc2c(OCCSC)cccc2c1Nc1ccccc1C(C)C. The van der Waals surface area contributed by atoms with E-state index in [1.165, 1.54) is 5.56 Å². The van der Waals surface area contributed by atoms with Crippen molar-refractivity contribution < 1.29 is 9.53 Å². The van der Waals surface area contributed by atoms with Crippen molar-refractivity contribution in [2.75, 3.05) is 23.9 Å². The van der Waals surface area contributed by atoms with Crippen LogP contribution in [0.3, 0.4) is 0 Å². The lowest BCUT2D eigenvalue weighted by atomic mass is 9.99. The molecule has 1 N–H and O–H groups in total. The van der Waals surface area contributed by atoms with Crippen molar-refractivity contribution in [3.63, 3.8) is 0 Å². The number of fused-ring (bicyclic) bond motifs is 1. The molecule has 2 aromatic carbocycles. The number of pyridine rings is 1. The molecule has 0 spiro atoms. The number of nitrogens with one attached hydrogen (secondary N) is 1. The molecule has 4 nitrogen and oxygen atoms in total. The summed E-state index contributed by atoms with van der Waals surface area (Å²) in [4.78, 5) is 17.3. The van der Waals surface area contributed by atoms with E-state index in [2.05, 4.69) is 42.5 Å². The van der Waals surface area contributed by atoms with Gasteiger partial charge in [-0.2, -0.15) is 11.8 Å². The second kappa shape index (κ2) is 9.79. The van der Waals surface area contributed by atoms with Crippen LogP contribution in [0.15, 0.2) is 48.7 Å². The maximum Gasteiger partial charge on any atom is 0.166 e. The largest absolute Gasteiger partial charge is 0.490 e. The molecule has 0 aliphatic heterocycles. The van der Waals surface area contributed by atoms with E-state index in [4.69, 9.17) is 4.74 Å². The molecule has 3 aromatic rings. The molecule has 0 saturated carbocycles. The maximum absolute atomic E-state index is 12.7. The highest BCUT2D eigenvalue weighted by atomic mass is 32.2. The third kappa shape index (κ3) is 4.73. The average molecular weight is 409 g/mol. The van der Waals surface area contributed by atoms with Crippen LogP contribution < -0.4 is 10.1 Å². The highest BCUT2D eigenvalue weighted by Gasteiger charge is 2.18. The van der Waals surface area contributed by atoms with Gasteiger partial charge in [0.1, 0.15) is 11.3 Å². The Hall–Kier alpha value is -2.53. The van der Waals surface area contributed by atoms with Gasteiger partial charge in [-0.05, 0) is 29.9 Å². The van der Waals surface area contributed by atoms with Gasteiger partial charge < -0.3 is 10.1 Å². The third-order valence-electron chi connectivity index (χ3n) is 4.87. The van der Waals surface area contributed by atoms with Crippen molar-refractivity contribution in [1.29, 1.82) is 0 Å². The number of carbonyl (C=O) groups excluding carboxylic acids is 1. The lowest BCUT2D eigenvalue weighted by Crippen LogP contribution is -2.07. The Morgan fingerprint density at radius 3 is 2.69 bits per heavy atom. The van der Waals surface area contributed by atoms with E-state index < -0.39 is 0 Å². The second-order valence-corrected chi connectivity index (χ2v) is 8.17. The van der Waals surface area contributed by atoms with Gasteiger partial charge >= 0.3 is 0 Å². The molecule has 152 valence electrons. The first-order valence-electron chi connectivity index (χ1n) is 9.99. The Balaban J connectivity index is 2.14. The fraction of sp³-hybridized carbons (Fsp3) is 0.333. The number of thioether (sulfide) groups is 1.